The molecule has 0 bridgehead atoms. The molecule has 4 heterocycles. The first-order valence-electron chi connectivity index (χ1n) is 11.3. The molecular weight excluding hydrogens is 508 g/mol. The molecule has 0 saturated carbocycles. The van der Waals surface area contributed by atoms with E-state index in [9.17, 15) is 13.2 Å². The number of rotatable bonds is 5. The molecule has 0 atom stereocenters. The van der Waals surface area contributed by atoms with Crippen molar-refractivity contribution in [3.63, 3.8) is 0 Å². The highest BCUT2D eigenvalue weighted by molar-refractivity contribution is 7.89. The van der Waals surface area contributed by atoms with Crippen molar-refractivity contribution in [2.24, 2.45) is 5.10 Å². The van der Waals surface area contributed by atoms with Crippen LogP contribution >= 0.6 is 22.9 Å². The van der Waals surface area contributed by atoms with Gasteiger partial charge in [-0.2, -0.15) is 9.41 Å². The first-order valence-corrected chi connectivity index (χ1v) is 13.9. The minimum absolute atomic E-state index is 0.128. The Morgan fingerprint density at radius 1 is 1.20 bits per heavy atom. The van der Waals surface area contributed by atoms with Crippen molar-refractivity contribution in [1.82, 2.24) is 24.2 Å². The number of benzene rings is 1. The first kappa shape index (κ1) is 24.0. The van der Waals surface area contributed by atoms with Crippen molar-refractivity contribution in [3.05, 3.63) is 51.4 Å². The van der Waals surface area contributed by atoms with Gasteiger partial charge >= 0.3 is 0 Å². The van der Waals surface area contributed by atoms with Crippen LogP contribution in [-0.4, -0.2) is 84.0 Å². The SMILES string of the molecule is C/C=N/N1CC=C(c2cnc(C(=O)N3CCN(S(=O)(=O)c4cc5cc(Cl)ccc5[nH]4)CC3)s2)CC1. The molecule has 2 aliphatic heterocycles. The van der Waals surface area contributed by atoms with E-state index in [2.05, 4.69) is 21.1 Å². The van der Waals surface area contributed by atoms with Gasteiger partial charge in [0.2, 0.25) is 0 Å². The van der Waals surface area contributed by atoms with E-state index in [-0.39, 0.29) is 24.0 Å². The van der Waals surface area contributed by atoms with Gasteiger partial charge in [-0.15, -0.1) is 11.3 Å². The lowest BCUT2D eigenvalue weighted by Crippen LogP contribution is -2.50. The summed E-state index contributed by atoms with van der Waals surface area (Å²) in [5.74, 6) is -0.160. The fourth-order valence-corrected chi connectivity index (χ4v) is 6.86. The van der Waals surface area contributed by atoms with Crippen LogP contribution in [0.5, 0.6) is 0 Å². The number of hydrogen-bond acceptors (Lipinski definition) is 7. The highest BCUT2D eigenvalue weighted by atomic mass is 35.5. The molecule has 5 rings (SSSR count). The van der Waals surface area contributed by atoms with Crippen molar-refractivity contribution in [2.75, 3.05) is 39.3 Å². The minimum atomic E-state index is -3.71. The van der Waals surface area contributed by atoms with Crippen molar-refractivity contribution in [1.29, 1.82) is 0 Å². The molecule has 35 heavy (non-hydrogen) atoms. The van der Waals surface area contributed by atoms with E-state index in [0.29, 0.717) is 28.6 Å². The molecule has 1 saturated heterocycles. The predicted octanol–water partition coefficient (Wildman–Crippen LogP) is 3.52. The Morgan fingerprint density at radius 3 is 2.71 bits per heavy atom. The van der Waals surface area contributed by atoms with Crippen LogP contribution < -0.4 is 0 Å². The summed E-state index contributed by atoms with van der Waals surface area (Å²) in [5, 5.41) is 8.14. The van der Waals surface area contributed by atoms with Crippen LogP contribution in [0.1, 0.15) is 28.0 Å². The number of carbonyl (C=O) groups excluding carboxylic acids is 1. The Hall–Kier alpha value is -2.73. The molecule has 2 aromatic heterocycles. The Morgan fingerprint density at radius 2 is 2.00 bits per heavy atom. The van der Waals surface area contributed by atoms with Gasteiger partial charge < -0.3 is 9.88 Å². The minimum Gasteiger partial charge on any atom is -0.345 e. The molecule has 184 valence electrons. The van der Waals surface area contributed by atoms with E-state index in [1.807, 2.05) is 11.9 Å². The monoisotopic (exact) mass is 532 g/mol. The molecule has 1 N–H and O–H groups in total. The summed E-state index contributed by atoms with van der Waals surface area (Å²) in [4.78, 5) is 23.1. The number of halogens is 1. The van der Waals surface area contributed by atoms with Gasteiger partial charge in [0.1, 0.15) is 5.03 Å². The number of aromatic amines is 1. The Balaban J connectivity index is 1.23. The summed E-state index contributed by atoms with van der Waals surface area (Å²) in [6.45, 7) is 4.53. The Bertz CT molecular complexity index is 1420. The summed E-state index contributed by atoms with van der Waals surface area (Å²) >= 11 is 7.41. The number of nitrogens with one attached hydrogen (secondary N) is 1. The molecule has 3 aromatic rings. The number of amides is 1. The number of thiazole rings is 1. The van der Waals surface area contributed by atoms with Crippen molar-refractivity contribution >= 4 is 61.6 Å². The molecule has 0 unspecified atom stereocenters. The molecule has 0 aliphatic carbocycles. The molecule has 0 radical (unpaired) electrons. The second-order valence-electron chi connectivity index (χ2n) is 8.36. The number of aromatic nitrogens is 2. The maximum Gasteiger partial charge on any atom is 0.282 e. The lowest BCUT2D eigenvalue weighted by molar-refractivity contribution is 0.0697. The smallest absolute Gasteiger partial charge is 0.282 e. The van der Waals surface area contributed by atoms with Gasteiger partial charge in [0.05, 0.1) is 11.4 Å². The number of nitrogens with zero attached hydrogens (tertiary/aromatic N) is 5. The number of carbonyl (C=O) groups is 1. The third kappa shape index (κ3) is 4.86. The maximum absolute atomic E-state index is 13.2. The van der Waals surface area contributed by atoms with Crippen LogP contribution in [0.15, 0.2) is 46.7 Å². The van der Waals surface area contributed by atoms with Gasteiger partial charge in [0, 0.05) is 61.1 Å². The van der Waals surface area contributed by atoms with E-state index in [4.69, 9.17) is 11.6 Å². The largest absolute Gasteiger partial charge is 0.345 e. The summed E-state index contributed by atoms with van der Waals surface area (Å²) in [5.41, 5.74) is 1.89. The standard InChI is InChI=1S/C23H25ClN6O3S2/c1-2-26-29-7-5-16(6-8-29)20-15-25-22(34-20)23(31)28-9-11-30(12-10-28)35(32,33)21-14-17-13-18(24)3-4-19(17)27-21/h2-5,13-15,27H,6-12H2,1H3/b26-2+. The molecule has 9 nitrogen and oxygen atoms in total. The lowest BCUT2D eigenvalue weighted by atomic mass is 10.1. The highest BCUT2D eigenvalue weighted by Crippen LogP contribution is 2.29. The molecule has 1 aromatic carbocycles. The van der Waals surface area contributed by atoms with E-state index >= 15 is 0 Å². The van der Waals surface area contributed by atoms with E-state index in [1.165, 1.54) is 21.2 Å². The third-order valence-electron chi connectivity index (χ3n) is 6.17. The lowest BCUT2D eigenvalue weighted by Gasteiger charge is -2.33. The van der Waals surface area contributed by atoms with Crippen molar-refractivity contribution in [3.8, 4) is 0 Å². The number of fused-ring (bicyclic) bond motifs is 1. The van der Waals surface area contributed by atoms with E-state index < -0.39 is 10.0 Å². The second kappa shape index (κ2) is 9.73. The van der Waals surface area contributed by atoms with Gasteiger partial charge in [-0.05, 0) is 43.2 Å². The van der Waals surface area contributed by atoms with Gasteiger partial charge in [-0.1, -0.05) is 17.7 Å². The van der Waals surface area contributed by atoms with Gasteiger partial charge in [0.15, 0.2) is 5.01 Å². The Labute approximate surface area is 212 Å². The average Bonchev–Trinajstić information content (AvgIpc) is 3.52. The third-order valence-corrected chi connectivity index (χ3v) is 9.29. The van der Waals surface area contributed by atoms with Gasteiger partial charge in [-0.25, -0.2) is 13.4 Å². The van der Waals surface area contributed by atoms with Crippen LogP contribution in [0.3, 0.4) is 0 Å². The molecule has 2 aliphatic rings. The number of piperazine rings is 1. The van der Waals surface area contributed by atoms with Crippen LogP contribution in [-0.2, 0) is 10.0 Å². The summed E-state index contributed by atoms with van der Waals surface area (Å²) < 4.78 is 27.7. The Kier molecular flexibility index (Phi) is 6.67. The first-order chi connectivity index (χ1) is 16.8. The van der Waals surface area contributed by atoms with Gasteiger partial charge in [0.25, 0.3) is 15.9 Å². The molecule has 12 heteroatoms. The quantitative estimate of drug-likeness (QED) is 0.507. The van der Waals surface area contributed by atoms with Crippen LogP contribution in [0.2, 0.25) is 5.02 Å². The van der Waals surface area contributed by atoms with Crippen molar-refractivity contribution < 1.29 is 13.2 Å². The number of hydrazone groups is 1. The molecule has 1 fully saturated rings. The average molecular weight is 533 g/mol. The fraction of sp³-hybridized carbons (Fsp3) is 0.348. The van der Waals surface area contributed by atoms with E-state index in [1.54, 1.807) is 41.6 Å². The zero-order valence-electron chi connectivity index (χ0n) is 19.1. The van der Waals surface area contributed by atoms with Crippen LogP contribution in [0, 0.1) is 0 Å². The topological polar surface area (TPSA) is 102 Å². The number of H-pyrrole nitrogens is 1. The zero-order valence-corrected chi connectivity index (χ0v) is 21.5. The summed E-state index contributed by atoms with van der Waals surface area (Å²) in [6.07, 6.45) is 6.51. The summed E-state index contributed by atoms with van der Waals surface area (Å²) in [7, 11) is -3.71. The van der Waals surface area contributed by atoms with E-state index in [0.717, 1.165) is 29.8 Å². The molecule has 1 amide bonds. The maximum atomic E-state index is 13.2. The zero-order chi connectivity index (χ0) is 24.6. The molecular formula is C23H25ClN6O3S2. The van der Waals surface area contributed by atoms with Crippen LogP contribution in [0.4, 0.5) is 0 Å². The number of sulfonamides is 1. The summed E-state index contributed by atoms with van der Waals surface area (Å²) in [6, 6.07) is 6.79. The van der Waals surface area contributed by atoms with Gasteiger partial charge in [-0.3, -0.25) is 9.80 Å². The highest BCUT2D eigenvalue weighted by Gasteiger charge is 2.32. The van der Waals surface area contributed by atoms with Crippen LogP contribution in [0.25, 0.3) is 16.5 Å². The number of hydrogen-bond donors (Lipinski definition) is 1. The second-order valence-corrected chi connectivity index (χ2v) is 11.7. The van der Waals surface area contributed by atoms with Crippen molar-refractivity contribution in [2.45, 2.75) is 18.4 Å². The fourth-order valence-electron chi connectivity index (χ4n) is 4.29. The molecule has 0 spiro atoms. The predicted molar refractivity (Wildman–Crippen MR) is 138 cm³/mol. The normalized spacial score (nSPS) is 17.9.